The summed E-state index contributed by atoms with van der Waals surface area (Å²) < 4.78 is 0. The summed E-state index contributed by atoms with van der Waals surface area (Å²) in [7, 11) is -2.41. The van der Waals surface area contributed by atoms with Crippen molar-refractivity contribution < 1.29 is 4.79 Å². The summed E-state index contributed by atoms with van der Waals surface area (Å²) in [6, 6.07) is 51.5. The molecule has 0 aliphatic carbocycles. The van der Waals surface area contributed by atoms with Gasteiger partial charge < -0.3 is 0 Å². The van der Waals surface area contributed by atoms with Gasteiger partial charge in [0.15, 0.2) is 0 Å². The smallest absolute Gasteiger partial charge is 0.0514 e. The Hall–Kier alpha value is -4.85. The van der Waals surface area contributed by atoms with Crippen LogP contribution in [0.25, 0.3) is 10.8 Å². The Morgan fingerprint density at radius 1 is 0.682 bits per heavy atom. The Labute approximate surface area is 259 Å². The molecule has 0 atom stereocenters. The fraction of sp³-hybridized carbons (Fsp3) is 0.100. The second kappa shape index (κ2) is 12.0. The number of nitrogens with one attached hydrogen (secondary N) is 1. The van der Waals surface area contributed by atoms with Crippen molar-refractivity contribution in [3.63, 3.8) is 0 Å². The van der Waals surface area contributed by atoms with Gasteiger partial charge in [-0.1, -0.05) is 23.8 Å². The first-order chi connectivity index (χ1) is 21.6. The van der Waals surface area contributed by atoms with E-state index in [0.717, 1.165) is 35.1 Å². The number of benzene rings is 6. The van der Waals surface area contributed by atoms with E-state index in [9.17, 15) is 4.79 Å². The third-order valence-electron chi connectivity index (χ3n) is 8.87. The second-order valence-electron chi connectivity index (χ2n) is 11.7. The van der Waals surface area contributed by atoms with Crippen molar-refractivity contribution >= 4 is 51.3 Å². The van der Waals surface area contributed by atoms with Crippen LogP contribution >= 0.6 is 7.26 Å². The number of carbonyl (C=O) groups excluding carboxylic acids is 1. The van der Waals surface area contributed by atoms with Crippen LogP contribution in [-0.4, -0.2) is 24.3 Å². The Bertz CT molecular complexity index is 1890. The van der Waals surface area contributed by atoms with E-state index in [1.165, 1.54) is 32.2 Å². The van der Waals surface area contributed by atoms with Crippen molar-refractivity contribution in [1.82, 2.24) is 5.32 Å². The van der Waals surface area contributed by atoms with Crippen LogP contribution in [0.2, 0.25) is 0 Å². The summed E-state index contributed by atoms with van der Waals surface area (Å²) in [4.78, 5) is 18.5. The summed E-state index contributed by atoms with van der Waals surface area (Å²) in [6.07, 6.45) is 1.58. The molecule has 0 unspecified atom stereocenters. The molecule has 216 valence electrons. The summed E-state index contributed by atoms with van der Waals surface area (Å²) >= 11 is 0. The van der Waals surface area contributed by atoms with Gasteiger partial charge in [-0.3, -0.25) is 0 Å². The van der Waals surface area contributed by atoms with Crippen LogP contribution in [0.4, 0.5) is 5.69 Å². The molecular formula is C40H35N2OP. The molecule has 1 amide bonds. The molecule has 1 aliphatic heterocycles. The van der Waals surface area contributed by atoms with Gasteiger partial charge in [0.2, 0.25) is 0 Å². The number of fused-ring (bicyclic) bond motifs is 2. The topological polar surface area (TPSA) is 41.5 Å². The minimum absolute atomic E-state index is 0.0422. The van der Waals surface area contributed by atoms with Crippen LogP contribution in [0, 0.1) is 6.92 Å². The predicted octanol–water partition coefficient (Wildman–Crippen LogP) is 7.28. The van der Waals surface area contributed by atoms with Gasteiger partial charge in [0, 0.05) is 0 Å². The first-order valence-corrected chi connectivity index (χ1v) is 17.5. The van der Waals surface area contributed by atoms with E-state index in [-0.39, 0.29) is 5.91 Å². The van der Waals surface area contributed by atoms with Crippen molar-refractivity contribution in [2.24, 2.45) is 4.99 Å². The molecule has 44 heavy (non-hydrogen) atoms. The average molecular weight is 591 g/mol. The predicted molar refractivity (Wildman–Crippen MR) is 189 cm³/mol. The van der Waals surface area contributed by atoms with E-state index >= 15 is 0 Å². The molecule has 0 radical (unpaired) electrons. The van der Waals surface area contributed by atoms with E-state index in [0.29, 0.717) is 12.1 Å². The van der Waals surface area contributed by atoms with Gasteiger partial charge in [0.05, 0.1) is 0 Å². The number of hydrogen-bond acceptors (Lipinski definition) is 2. The molecule has 0 bridgehead atoms. The molecule has 0 aromatic heterocycles. The molecule has 4 heteroatoms. The summed E-state index contributed by atoms with van der Waals surface area (Å²) in [5.74, 6) is -0.0422. The van der Waals surface area contributed by atoms with Crippen LogP contribution < -0.4 is 21.2 Å². The Morgan fingerprint density at radius 2 is 1.27 bits per heavy atom. The molecule has 6 aromatic carbocycles. The van der Waals surface area contributed by atoms with E-state index in [4.69, 9.17) is 4.99 Å². The van der Waals surface area contributed by atoms with Crippen LogP contribution in [0.1, 0.15) is 27.0 Å². The van der Waals surface area contributed by atoms with Gasteiger partial charge in [-0.2, -0.15) is 0 Å². The third kappa shape index (κ3) is 5.36. The fourth-order valence-electron chi connectivity index (χ4n) is 6.62. The number of aliphatic imine (C=N–C) groups is 1. The standard InChI is InChI=1S/C40H35N2OP/c1-29-17-18-31-26-32(20-19-30(31)25-29)39-28-34-27-33(21-22-38(34)42-39)40(43)41-23-24-44(35-11-5-2-6-12-35,36-13-7-3-8-14-36)37-15-9-4-10-16-37/h2-22,25-27,44H,23-24,28H2,1H3,(H,41,43). The summed E-state index contributed by atoms with van der Waals surface area (Å²) in [5, 5.41) is 9.77. The molecule has 0 fully saturated rings. The van der Waals surface area contributed by atoms with E-state index in [1.54, 1.807) is 0 Å². The van der Waals surface area contributed by atoms with Crippen LogP contribution in [0.15, 0.2) is 151 Å². The summed E-state index contributed by atoms with van der Waals surface area (Å²) in [6.45, 7) is 2.70. The maximum atomic E-state index is 13.5. The summed E-state index contributed by atoms with van der Waals surface area (Å²) in [5.41, 5.74) is 6.16. The number of aryl methyl sites for hydroxylation is 1. The molecule has 1 N–H and O–H groups in total. The normalized spacial score (nSPS) is 12.9. The molecule has 3 nitrogen and oxygen atoms in total. The van der Waals surface area contributed by atoms with Gasteiger partial charge in [0.1, 0.15) is 0 Å². The van der Waals surface area contributed by atoms with E-state index in [2.05, 4.69) is 140 Å². The zero-order chi connectivity index (χ0) is 29.9. The Morgan fingerprint density at radius 3 is 1.91 bits per heavy atom. The zero-order valence-corrected chi connectivity index (χ0v) is 25.8. The quantitative estimate of drug-likeness (QED) is 0.186. The van der Waals surface area contributed by atoms with Gasteiger partial charge in [0.25, 0.3) is 0 Å². The minimum Gasteiger partial charge on any atom is -0.0514 e. The van der Waals surface area contributed by atoms with Crippen molar-refractivity contribution in [2.75, 3.05) is 12.7 Å². The second-order valence-corrected chi connectivity index (χ2v) is 15.7. The molecular weight excluding hydrogens is 555 g/mol. The van der Waals surface area contributed by atoms with Gasteiger partial charge in [-0.15, -0.1) is 0 Å². The van der Waals surface area contributed by atoms with Crippen molar-refractivity contribution in [3.8, 4) is 0 Å². The van der Waals surface area contributed by atoms with Crippen LogP contribution in [-0.2, 0) is 6.42 Å². The third-order valence-corrected chi connectivity index (χ3v) is 13.8. The van der Waals surface area contributed by atoms with Crippen molar-refractivity contribution in [1.29, 1.82) is 0 Å². The molecule has 1 aliphatic rings. The molecule has 0 spiro atoms. The van der Waals surface area contributed by atoms with E-state index in [1.807, 2.05) is 18.2 Å². The van der Waals surface area contributed by atoms with Crippen LogP contribution in [0.5, 0.6) is 0 Å². The van der Waals surface area contributed by atoms with Crippen molar-refractivity contribution in [3.05, 3.63) is 168 Å². The fourth-order valence-corrected chi connectivity index (χ4v) is 11.3. The number of nitrogens with zero attached hydrogens (tertiary/aromatic N) is 1. The number of hydrogen-bond donors (Lipinski definition) is 1. The monoisotopic (exact) mass is 590 g/mol. The van der Waals surface area contributed by atoms with Gasteiger partial charge in [-0.05, 0) is 12.3 Å². The average Bonchev–Trinajstić information content (AvgIpc) is 3.51. The SMILES string of the molecule is Cc1ccc2cc(C3=Nc4ccc(C(=O)NCC[PH](c5ccccc5)(c5ccccc5)c5ccccc5)cc4C3)ccc2c1. The molecule has 6 aromatic rings. The first-order valence-electron chi connectivity index (χ1n) is 15.3. The first kappa shape index (κ1) is 28.0. The molecule has 7 rings (SSSR count). The molecule has 0 saturated carbocycles. The number of amides is 1. The minimum atomic E-state index is -2.41. The molecule has 1 heterocycles. The number of carbonyl (C=O) groups is 1. The van der Waals surface area contributed by atoms with Crippen LogP contribution in [0.3, 0.4) is 0 Å². The maximum absolute atomic E-state index is 13.5. The zero-order valence-electron chi connectivity index (χ0n) is 24.8. The van der Waals surface area contributed by atoms with Gasteiger partial charge in [-0.25, -0.2) is 0 Å². The Balaban J connectivity index is 1.11. The van der Waals surface area contributed by atoms with Gasteiger partial charge >= 0.3 is 224 Å². The molecule has 0 saturated heterocycles. The number of rotatable bonds is 8. The van der Waals surface area contributed by atoms with E-state index < -0.39 is 7.26 Å². The Kier molecular flexibility index (Phi) is 7.64. The van der Waals surface area contributed by atoms with Crippen molar-refractivity contribution in [2.45, 2.75) is 13.3 Å².